The van der Waals surface area contributed by atoms with Crippen molar-refractivity contribution in [2.75, 3.05) is 6.54 Å². The normalized spacial score (nSPS) is 13.4. The van der Waals surface area contributed by atoms with Gasteiger partial charge in [-0.3, -0.25) is 10.1 Å². The van der Waals surface area contributed by atoms with E-state index < -0.39 is 6.23 Å². The monoisotopic (exact) mass is 117 g/mol. The summed E-state index contributed by atoms with van der Waals surface area (Å²) < 4.78 is 0. The lowest BCUT2D eigenvalue weighted by Gasteiger charge is -2.02. The maximum absolute atomic E-state index is 10.2. The first-order valence-corrected chi connectivity index (χ1v) is 2.54. The van der Waals surface area contributed by atoms with E-state index in [1.54, 1.807) is 6.92 Å². The summed E-state index contributed by atoms with van der Waals surface area (Å²) >= 11 is 0. The van der Waals surface area contributed by atoms with Gasteiger partial charge < -0.3 is 5.11 Å². The van der Waals surface area contributed by atoms with Crippen molar-refractivity contribution >= 4 is 5.78 Å². The second-order valence-electron chi connectivity index (χ2n) is 1.76. The first-order valence-electron chi connectivity index (χ1n) is 2.54. The molecule has 0 saturated heterocycles. The summed E-state index contributed by atoms with van der Waals surface area (Å²) in [5.41, 5.74) is 0. The second-order valence-corrected chi connectivity index (χ2v) is 1.76. The van der Waals surface area contributed by atoms with Crippen molar-refractivity contribution in [1.29, 1.82) is 0 Å². The number of carbonyl (C=O) groups excluding carboxylic acids is 1. The van der Waals surface area contributed by atoms with Crippen LogP contribution in [-0.2, 0) is 4.79 Å². The first-order chi connectivity index (χ1) is 3.63. The second kappa shape index (κ2) is 3.57. The Labute approximate surface area is 48.7 Å². The van der Waals surface area contributed by atoms with Crippen molar-refractivity contribution < 1.29 is 9.90 Å². The fraction of sp³-hybridized carbons (Fsp3) is 0.800. The highest BCUT2D eigenvalue weighted by Gasteiger charge is 1.94. The van der Waals surface area contributed by atoms with Gasteiger partial charge in [0, 0.05) is 0 Å². The van der Waals surface area contributed by atoms with Crippen LogP contribution in [0.25, 0.3) is 0 Å². The Kier molecular flexibility index (Phi) is 3.39. The predicted molar refractivity (Wildman–Crippen MR) is 30.4 cm³/mol. The van der Waals surface area contributed by atoms with Gasteiger partial charge in [-0.15, -0.1) is 0 Å². The molecule has 8 heavy (non-hydrogen) atoms. The molecule has 0 aromatic rings. The molecule has 0 aromatic heterocycles. The van der Waals surface area contributed by atoms with E-state index >= 15 is 0 Å². The van der Waals surface area contributed by atoms with Crippen molar-refractivity contribution in [3.8, 4) is 0 Å². The third kappa shape index (κ3) is 5.59. The van der Waals surface area contributed by atoms with E-state index in [4.69, 9.17) is 5.11 Å². The highest BCUT2D eigenvalue weighted by atomic mass is 16.3. The van der Waals surface area contributed by atoms with Gasteiger partial charge >= 0.3 is 0 Å². The molecule has 0 amide bonds. The number of nitrogens with one attached hydrogen (secondary N) is 1. The molecule has 1 unspecified atom stereocenters. The van der Waals surface area contributed by atoms with Gasteiger partial charge in [0.05, 0.1) is 6.54 Å². The number of hydrogen-bond donors (Lipinski definition) is 2. The molecule has 0 aliphatic heterocycles. The van der Waals surface area contributed by atoms with Crippen LogP contribution in [-0.4, -0.2) is 23.7 Å². The van der Waals surface area contributed by atoms with Crippen LogP contribution in [0.5, 0.6) is 0 Å². The average molecular weight is 117 g/mol. The van der Waals surface area contributed by atoms with Crippen molar-refractivity contribution in [2.24, 2.45) is 0 Å². The van der Waals surface area contributed by atoms with E-state index in [2.05, 4.69) is 5.32 Å². The van der Waals surface area contributed by atoms with Crippen molar-refractivity contribution in [3.05, 3.63) is 0 Å². The van der Waals surface area contributed by atoms with Gasteiger partial charge in [0.25, 0.3) is 0 Å². The molecule has 0 aliphatic carbocycles. The molecular formula is C5H11NO2. The number of Topliss-reactive ketones (excluding diaryl/α,β-unsaturated/α-hetero) is 1. The summed E-state index contributed by atoms with van der Waals surface area (Å²) in [5.74, 6) is 0.0332. The Balaban J connectivity index is 3.05. The molecule has 48 valence electrons. The van der Waals surface area contributed by atoms with E-state index in [0.717, 1.165) is 0 Å². The van der Waals surface area contributed by atoms with Gasteiger partial charge in [-0.05, 0) is 13.8 Å². The van der Waals surface area contributed by atoms with E-state index in [9.17, 15) is 4.79 Å². The Hall–Kier alpha value is -0.410. The maximum Gasteiger partial charge on any atom is 0.143 e. The third-order valence-corrected chi connectivity index (χ3v) is 0.646. The summed E-state index contributed by atoms with van der Waals surface area (Å²) in [5, 5.41) is 11.1. The highest BCUT2D eigenvalue weighted by molar-refractivity contribution is 5.77. The minimum Gasteiger partial charge on any atom is -0.379 e. The molecule has 3 nitrogen and oxygen atoms in total. The Bertz CT molecular complexity index is 80.5. The molecule has 2 N–H and O–H groups in total. The molecule has 1 atom stereocenters. The van der Waals surface area contributed by atoms with Crippen LogP contribution >= 0.6 is 0 Å². The lowest BCUT2D eigenvalue weighted by molar-refractivity contribution is -0.116. The number of aliphatic hydroxyl groups is 1. The number of rotatable bonds is 3. The zero-order chi connectivity index (χ0) is 6.57. The number of aliphatic hydroxyl groups excluding tert-OH is 1. The van der Waals surface area contributed by atoms with Crippen molar-refractivity contribution in [3.63, 3.8) is 0 Å². The van der Waals surface area contributed by atoms with Gasteiger partial charge in [0.15, 0.2) is 0 Å². The van der Waals surface area contributed by atoms with Crippen molar-refractivity contribution in [2.45, 2.75) is 20.1 Å². The van der Waals surface area contributed by atoms with Crippen LogP contribution in [0, 0.1) is 0 Å². The molecule has 0 saturated carbocycles. The smallest absolute Gasteiger partial charge is 0.143 e. The molecule has 0 radical (unpaired) electrons. The minimum atomic E-state index is -0.584. The number of carbonyl (C=O) groups is 1. The van der Waals surface area contributed by atoms with Crippen LogP contribution in [0.15, 0.2) is 0 Å². The van der Waals surface area contributed by atoms with Crippen LogP contribution in [0.4, 0.5) is 0 Å². The summed E-state index contributed by atoms with van der Waals surface area (Å²) in [7, 11) is 0. The third-order valence-electron chi connectivity index (χ3n) is 0.646. The van der Waals surface area contributed by atoms with Crippen LogP contribution in [0.2, 0.25) is 0 Å². The molecular weight excluding hydrogens is 106 g/mol. The molecule has 0 fully saturated rings. The van der Waals surface area contributed by atoms with Crippen LogP contribution in [0.3, 0.4) is 0 Å². The van der Waals surface area contributed by atoms with Crippen LogP contribution < -0.4 is 5.32 Å². The molecule has 0 bridgehead atoms. The molecule has 0 aromatic carbocycles. The predicted octanol–water partition coefficient (Wildman–Crippen LogP) is -0.497. The largest absolute Gasteiger partial charge is 0.379 e. The summed E-state index contributed by atoms with van der Waals surface area (Å²) in [4.78, 5) is 10.2. The fourth-order valence-corrected chi connectivity index (χ4v) is 0.291. The Morgan fingerprint density at radius 2 is 2.38 bits per heavy atom. The van der Waals surface area contributed by atoms with Gasteiger partial charge in [-0.25, -0.2) is 0 Å². The Morgan fingerprint density at radius 1 is 1.88 bits per heavy atom. The van der Waals surface area contributed by atoms with Crippen molar-refractivity contribution in [1.82, 2.24) is 5.32 Å². The summed E-state index contributed by atoms with van der Waals surface area (Å²) in [6.45, 7) is 3.29. The molecule has 0 heterocycles. The van der Waals surface area contributed by atoms with Gasteiger partial charge in [0.2, 0.25) is 0 Å². The molecule has 0 aliphatic rings. The minimum absolute atomic E-state index is 0.0332. The number of hydrogen-bond acceptors (Lipinski definition) is 3. The van der Waals surface area contributed by atoms with Gasteiger partial charge in [-0.2, -0.15) is 0 Å². The van der Waals surface area contributed by atoms with Gasteiger partial charge in [0.1, 0.15) is 12.0 Å². The SMILES string of the molecule is CC(=O)CNC(C)O. The number of ketones is 1. The zero-order valence-corrected chi connectivity index (χ0v) is 5.14. The zero-order valence-electron chi connectivity index (χ0n) is 5.14. The van der Waals surface area contributed by atoms with E-state index in [1.165, 1.54) is 6.92 Å². The maximum atomic E-state index is 10.2. The lowest BCUT2D eigenvalue weighted by atomic mass is 10.4. The summed E-state index contributed by atoms with van der Waals surface area (Å²) in [6, 6.07) is 0. The van der Waals surface area contributed by atoms with Crippen LogP contribution in [0.1, 0.15) is 13.8 Å². The lowest BCUT2D eigenvalue weighted by Crippen LogP contribution is -2.29. The molecule has 0 rings (SSSR count). The molecule has 3 heteroatoms. The standard InChI is InChI=1S/C5H11NO2/c1-4(7)3-6-5(2)8/h5-6,8H,3H2,1-2H3. The summed E-state index contributed by atoms with van der Waals surface area (Å²) in [6.07, 6.45) is -0.584. The first kappa shape index (κ1) is 7.59. The Morgan fingerprint density at radius 3 is 2.50 bits per heavy atom. The highest BCUT2D eigenvalue weighted by Crippen LogP contribution is 1.70. The topological polar surface area (TPSA) is 49.3 Å². The average Bonchev–Trinajstić information content (AvgIpc) is 1.61. The van der Waals surface area contributed by atoms with E-state index in [1.807, 2.05) is 0 Å². The van der Waals surface area contributed by atoms with E-state index in [0.29, 0.717) is 0 Å². The van der Waals surface area contributed by atoms with E-state index in [-0.39, 0.29) is 12.3 Å². The molecule has 0 spiro atoms. The van der Waals surface area contributed by atoms with Gasteiger partial charge in [-0.1, -0.05) is 0 Å². The quantitative estimate of drug-likeness (QED) is 0.490. The fourth-order valence-electron chi connectivity index (χ4n) is 0.291.